The first-order valence-corrected chi connectivity index (χ1v) is 10.0. The van der Waals surface area contributed by atoms with E-state index in [0.29, 0.717) is 29.6 Å². The average Bonchev–Trinajstić information content (AvgIpc) is 3.15. The highest BCUT2D eigenvalue weighted by molar-refractivity contribution is 7.20. The normalized spacial score (nSPS) is 14.9. The Bertz CT molecular complexity index is 979. The van der Waals surface area contributed by atoms with Crippen molar-refractivity contribution in [2.24, 2.45) is 0 Å². The predicted octanol–water partition coefficient (Wildman–Crippen LogP) is 4.00. The number of hydrogen-bond acceptors (Lipinski definition) is 6. The number of hydrogen-bond donors (Lipinski definition) is 0. The molecule has 0 atom stereocenters. The number of methoxy groups -OCH3 is 2. The van der Waals surface area contributed by atoms with Crippen molar-refractivity contribution in [3.8, 4) is 16.7 Å². The molecule has 0 bridgehead atoms. The van der Waals surface area contributed by atoms with E-state index in [0.717, 1.165) is 28.8 Å². The highest BCUT2D eigenvalue weighted by Crippen LogP contribution is 2.32. The number of benzene rings is 2. The fraction of sp³-hybridized carbons (Fsp3) is 0.333. The van der Waals surface area contributed by atoms with Gasteiger partial charge in [-0.1, -0.05) is 23.5 Å². The summed E-state index contributed by atoms with van der Waals surface area (Å²) in [6, 6.07) is 13.1. The molecule has 0 unspecified atom stereocenters. The van der Waals surface area contributed by atoms with Crippen molar-refractivity contribution in [2.45, 2.75) is 18.9 Å². The van der Waals surface area contributed by atoms with Crippen molar-refractivity contribution in [2.75, 3.05) is 27.3 Å². The molecule has 0 spiro atoms. The van der Waals surface area contributed by atoms with Gasteiger partial charge in [-0.3, -0.25) is 4.79 Å². The largest absolute Gasteiger partial charge is 0.497 e. The number of piperidine rings is 1. The maximum absolute atomic E-state index is 12.8. The number of thiazole rings is 1. The molecule has 1 saturated heterocycles. The fourth-order valence-electron chi connectivity index (χ4n) is 3.37. The van der Waals surface area contributed by atoms with Crippen LogP contribution in [0.1, 0.15) is 23.2 Å². The minimum atomic E-state index is 0.00276. The van der Waals surface area contributed by atoms with Gasteiger partial charge in [0.2, 0.25) is 0 Å². The summed E-state index contributed by atoms with van der Waals surface area (Å²) in [5.74, 6) is 1.42. The van der Waals surface area contributed by atoms with Gasteiger partial charge in [-0.2, -0.15) is 0 Å². The molecule has 1 aliphatic rings. The van der Waals surface area contributed by atoms with E-state index >= 15 is 0 Å². The predicted molar refractivity (Wildman–Crippen MR) is 109 cm³/mol. The van der Waals surface area contributed by atoms with E-state index in [2.05, 4.69) is 4.98 Å². The highest BCUT2D eigenvalue weighted by Gasteiger charge is 2.26. The van der Waals surface area contributed by atoms with Crippen molar-refractivity contribution >= 4 is 27.5 Å². The topological polar surface area (TPSA) is 60.9 Å². The molecule has 7 heteroatoms. The van der Waals surface area contributed by atoms with Gasteiger partial charge in [0.1, 0.15) is 17.6 Å². The van der Waals surface area contributed by atoms with Crippen LogP contribution in [0, 0.1) is 0 Å². The third kappa shape index (κ3) is 3.75. The maximum Gasteiger partial charge on any atom is 0.274 e. The zero-order valence-electron chi connectivity index (χ0n) is 15.9. The van der Waals surface area contributed by atoms with Gasteiger partial charge in [-0.05, 0) is 30.3 Å². The summed E-state index contributed by atoms with van der Waals surface area (Å²) < 4.78 is 17.7. The van der Waals surface area contributed by atoms with E-state index in [1.807, 2.05) is 41.3 Å². The second kappa shape index (κ2) is 8.06. The molecule has 0 radical (unpaired) electrons. The van der Waals surface area contributed by atoms with Crippen LogP contribution >= 0.6 is 11.3 Å². The Labute approximate surface area is 167 Å². The Hall–Kier alpha value is -2.80. The van der Waals surface area contributed by atoms with Crippen LogP contribution in [0.15, 0.2) is 42.5 Å². The molecular formula is C21H22N2O4S. The van der Waals surface area contributed by atoms with Crippen LogP contribution in [-0.4, -0.2) is 49.2 Å². The number of fused-ring (bicyclic) bond motifs is 1. The molecule has 6 nitrogen and oxygen atoms in total. The lowest BCUT2D eigenvalue weighted by molar-refractivity contribution is 0.0592. The number of likely N-dealkylation sites (tertiary alicyclic amines) is 1. The van der Waals surface area contributed by atoms with Crippen molar-refractivity contribution in [3.63, 3.8) is 0 Å². The first-order chi connectivity index (χ1) is 13.7. The Morgan fingerprint density at radius 1 is 1.11 bits per heavy atom. The van der Waals surface area contributed by atoms with Crippen molar-refractivity contribution in [3.05, 3.63) is 48.0 Å². The molecule has 0 N–H and O–H groups in total. The zero-order chi connectivity index (χ0) is 19.5. The Balaban J connectivity index is 1.38. The Morgan fingerprint density at radius 2 is 1.89 bits per heavy atom. The number of nitrogens with zero attached hydrogens (tertiary/aromatic N) is 2. The van der Waals surface area contributed by atoms with E-state index in [1.54, 1.807) is 20.3 Å². The Morgan fingerprint density at radius 3 is 2.64 bits per heavy atom. The van der Waals surface area contributed by atoms with Crippen molar-refractivity contribution in [1.29, 1.82) is 0 Å². The van der Waals surface area contributed by atoms with E-state index < -0.39 is 0 Å². The lowest BCUT2D eigenvalue weighted by Crippen LogP contribution is -2.41. The van der Waals surface area contributed by atoms with Crippen LogP contribution < -0.4 is 14.2 Å². The number of para-hydroxylation sites is 1. The molecule has 1 amide bonds. The number of ether oxygens (including phenoxy) is 3. The molecule has 0 aliphatic carbocycles. The third-order valence-corrected chi connectivity index (χ3v) is 5.82. The van der Waals surface area contributed by atoms with Gasteiger partial charge in [0.25, 0.3) is 11.1 Å². The lowest BCUT2D eigenvalue weighted by atomic mass is 10.1. The highest BCUT2D eigenvalue weighted by atomic mass is 32.1. The summed E-state index contributed by atoms with van der Waals surface area (Å²) in [6.07, 6.45) is 1.62. The Kier molecular flexibility index (Phi) is 5.34. The second-order valence-corrected chi connectivity index (χ2v) is 7.62. The molecule has 28 heavy (non-hydrogen) atoms. The van der Waals surface area contributed by atoms with E-state index in [-0.39, 0.29) is 12.0 Å². The van der Waals surface area contributed by atoms with Gasteiger partial charge in [0.15, 0.2) is 0 Å². The number of amides is 1. The van der Waals surface area contributed by atoms with Gasteiger partial charge >= 0.3 is 0 Å². The fourth-order valence-corrected chi connectivity index (χ4v) is 4.28. The molecular weight excluding hydrogens is 376 g/mol. The summed E-state index contributed by atoms with van der Waals surface area (Å²) in [5, 5.41) is 0.665. The van der Waals surface area contributed by atoms with Crippen molar-refractivity contribution in [1.82, 2.24) is 9.88 Å². The van der Waals surface area contributed by atoms with Crippen molar-refractivity contribution < 1.29 is 19.0 Å². The van der Waals surface area contributed by atoms with Crippen LogP contribution in [0.5, 0.6) is 16.7 Å². The molecule has 1 aromatic heterocycles. The van der Waals surface area contributed by atoms with Gasteiger partial charge in [0.05, 0.1) is 30.0 Å². The molecule has 3 aromatic rings. The van der Waals surface area contributed by atoms with E-state index in [1.165, 1.54) is 11.3 Å². The summed E-state index contributed by atoms with van der Waals surface area (Å²) in [4.78, 5) is 19.2. The van der Waals surface area contributed by atoms with Gasteiger partial charge < -0.3 is 19.1 Å². The van der Waals surface area contributed by atoms with Crippen LogP contribution in [0.3, 0.4) is 0 Å². The molecule has 2 aromatic carbocycles. The van der Waals surface area contributed by atoms with Crippen LogP contribution in [-0.2, 0) is 0 Å². The summed E-state index contributed by atoms with van der Waals surface area (Å²) >= 11 is 1.52. The van der Waals surface area contributed by atoms with Gasteiger partial charge in [-0.15, -0.1) is 0 Å². The number of carbonyl (C=O) groups is 1. The quantitative estimate of drug-likeness (QED) is 0.650. The smallest absolute Gasteiger partial charge is 0.274 e. The summed E-state index contributed by atoms with van der Waals surface area (Å²) in [6.45, 7) is 1.31. The van der Waals surface area contributed by atoms with Crippen LogP contribution in [0.25, 0.3) is 10.2 Å². The molecule has 4 rings (SSSR count). The maximum atomic E-state index is 12.8. The number of carbonyl (C=O) groups excluding carboxylic acids is 1. The first-order valence-electron chi connectivity index (χ1n) is 9.21. The van der Waals surface area contributed by atoms with E-state index in [9.17, 15) is 4.79 Å². The molecule has 2 heterocycles. The molecule has 0 saturated carbocycles. The van der Waals surface area contributed by atoms with Gasteiger partial charge in [0, 0.05) is 25.9 Å². The van der Waals surface area contributed by atoms with Crippen LogP contribution in [0.2, 0.25) is 0 Å². The second-order valence-electron chi connectivity index (χ2n) is 6.62. The average molecular weight is 398 g/mol. The number of aromatic nitrogens is 1. The first kappa shape index (κ1) is 18.6. The molecule has 1 fully saturated rings. The van der Waals surface area contributed by atoms with Gasteiger partial charge in [-0.25, -0.2) is 4.98 Å². The monoisotopic (exact) mass is 398 g/mol. The number of rotatable bonds is 5. The molecule has 146 valence electrons. The standard InChI is InChI=1S/C21H22N2O4S/c1-25-15-7-8-17-19(13-15)28-21(22-17)27-14-9-11-23(12-10-14)20(24)16-5-3-4-6-18(16)26-2/h3-8,13-14H,9-12H2,1-2H3. The summed E-state index contributed by atoms with van der Waals surface area (Å²) in [5.41, 5.74) is 1.51. The minimum Gasteiger partial charge on any atom is -0.497 e. The van der Waals surface area contributed by atoms with E-state index in [4.69, 9.17) is 14.2 Å². The van der Waals surface area contributed by atoms with Crippen LogP contribution in [0.4, 0.5) is 0 Å². The SMILES string of the molecule is COc1ccc2nc(OC3CCN(C(=O)c4ccccc4OC)CC3)sc2c1. The minimum absolute atomic E-state index is 0.00276. The summed E-state index contributed by atoms with van der Waals surface area (Å²) in [7, 11) is 3.24. The lowest BCUT2D eigenvalue weighted by Gasteiger charge is -2.31. The third-order valence-electron chi connectivity index (χ3n) is 4.91. The zero-order valence-corrected chi connectivity index (χ0v) is 16.7. The molecule has 1 aliphatic heterocycles.